The van der Waals surface area contributed by atoms with Crippen LogP contribution in [-0.2, 0) is 0 Å². The molecule has 1 saturated carbocycles. The summed E-state index contributed by atoms with van der Waals surface area (Å²) in [5.74, 6) is 1.69. The Bertz CT molecular complexity index is 448. The largest absolute Gasteiger partial charge is 0.497 e. The predicted octanol–water partition coefficient (Wildman–Crippen LogP) is 3.64. The van der Waals surface area contributed by atoms with Crippen molar-refractivity contribution in [1.82, 2.24) is 5.32 Å². The molecular formula is C17H23NO. The Morgan fingerprint density at radius 1 is 1.16 bits per heavy atom. The number of allylic oxidation sites excluding steroid dienone is 1. The molecule has 0 saturated heterocycles. The average Bonchev–Trinajstić information content (AvgIpc) is 2.43. The SMILES string of the molecule is COc1cccc(C2CC(NC3CC=CCC3)C2)c1. The summed E-state index contributed by atoms with van der Waals surface area (Å²) in [6.07, 6.45) is 10.9. The third-order valence-corrected chi connectivity index (χ3v) is 4.44. The van der Waals surface area contributed by atoms with Gasteiger partial charge in [-0.25, -0.2) is 0 Å². The Hall–Kier alpha value is -1.28. The van der Waals surface area contributed by atoms with Crippen molar-refractivity contribution in [2.45, 2.75) is 50.1 Å². The fourth-order valence-corrected chi connectivity index (χ4v) is 3.20. The second kappa shape index (κ2) is 5.79. The standard InChI is InChI=1S/C17H23NO/c1-19-17-9-5-6-13(12-17)14-10-16(11-14)18-15-7-3-2-4-8-15/h2-3,5-6,9,12,14-16,18H,4,7-8,10-11H2,1H3. The first-order valence-corrected chi connectivity index (χ1v) is 7.40. The smallest absolute Gasteiger partial charge is 0.119 e. The van der Waals surface area contributed by atoms with Crippen LogP contribution in [0.2, 0.25) is 0 Å². The van der Waals surface area contributed by atoms with Crippen molar-refractivity contribution in [2.24, 2.45) is 0 Å². The van der Waals surface area contributed by atoms with E-state index in [9.17, 15) is 0 Å². The number of methoxy groups -OCH3 is 1. The number of nitrogens with one attached hydrogen (secondary N) is 1. The van der Waals surface area contributed by atoms with Gasteiger partial charge in [-0.15, -0.1) is 0 Å². The Kier molecular flexibility index (Phi) is 3.88. The van der Waals surface area contributed by atoms with Crippen molar-refractivity contribution in [3.63, 3.8) is 0 Å². The molecule has 1 aromatic carbocycles. The zero-order valence-corrected chi connectivity index (χ0v) is 11.6. The molecule has 1 unspecified atom stereocenters. The predicted molar refractivity (Wildman–Crippen MR) is 78.7 cm³/mol. The summed E-state index contributed by atoms with van der Waals surface area (Å²) in [7, 11) is 1.74. The van der Waals surface area contributed by atoms with Crippen LogP contribution in [0.1, 0.15) is 43.6 Å². The minimum absolute atomic E-state index is 0.709. The molecule has 0 aliphatic heterocycles. The Labute approximate surface area is 115 Å². The topological polar surface area (TPSA) is 21.3 Å². The number of benzene rings is 1. The second-order valence-electron chi connectivity index (χ2n) is 5.79. The second-order valence-corrected chi connectivity index (χ2v) is 5.79. The highest BCUT2D eigenvalue weighted by molar-refractivity contribution is 5.32. The van der Waals surface area contributed by atoms with Crippen LogP contribution in [0, 0.1) is 0 Å². The number of ether oxygens (including phenoxy) is 1. The van der Waals surface area contributed by atoms with E-state index < -0.39 is 0 Å². The van der Waals surface area contributed by atoms with Gasteiger partial charge in [0.05, 0.1) is 7.11 Å². The molecule has 1 atom stereocenters. The van der Waals surface area contributed by atoms with E-state index in [1.807, 2.05) is 6.07 Å². The van der Waals surface area contributed by atoms with Gasteiger partial charge in [-0.1, -0.05) is 24.3 Å². The van der Waals surface area contributed by atoms with Gasteiger partial charge in [-0.05, 0) is 55.7 Å². The summed E-state index contributed by atoms with van der Waals surface area (Å²) in [6, 6.07) is 9.96. The van der Waals surface area contributed by atoms with Crippen molar-refractivity contribution in [1.29, 1.82) is 0 Å². The molecule has 2 heteroatoms. The average molecular weight is 257 g/mol. The fraction of sp³-hybridized carbons (Fsp3) is 0.529. The molecule has 102 valence electrons. The monoisotopic (exact) mass is 257 g/mol. The molecule has 3 rings (SSSR count). The molecule has 0 bridgehead atoms. The highest BCUT2D eigenvalue weighted by Crippen LogP contribution is 2.38. The van der Waals surface area contributed by atoms with Crippen LogP contribution < -0.4 is 10.1 Å². The van der Waals surface area contributed by atoms with Crippen molar-refractivity contribution >= 4 is 0 Å². The zero-order chi connectivity index (χ0) is 13.1. The Morgan fingerprint density at radius 2 is 2.05 bits per heavy atom. The van der Waals surface area contributed by atoms with Crippen LogP contribution in [0.15, 0.2) is 36.4 Å². The van der Waals surface area contributed by atoms with E-state index in [0.29, 0.717) is 18.0 Å². The zero-order valence-electron chi connectivity index (χ0n) is 11.6. The van der Waals surface area contributed by atoms with Gasteiger partial charge in [-0.2, -0.15) is 0 Å². The van der Waals surface area contributed by atoms with Crippen molar-refractivity contribution in [2.75, 3.05) is 7.11 Å². The molecule has 2 aliphatic carbocycles. The third kappa shape index (κ3) is 3.01. The molecule has 0 radical (unpaired) electrons. The van der Waals surface area contributed by atoms with E-state index in [0.717, 1.165) is 5.75 Å². The molecule has 0 aromatic heterocycles. The molecule has 0 amide bonds. The van der Waals surface area contributed by atoms with Crippen LogP contribution in [-0.4, -0.2) is 19.2 Å². The van der Waals surface area contributed by atoms with Crippen LogP contribution in [0.5, 0.6) is 5.75 Å². The van der Waals surface area contributed by atoms with Crippen LogP contribution >= 0.6 is 0 Å². The van der Waals surface area contributed by atoms with Gasteiger partial charge in [0, 0.05) is 12.1 Å². The van der Waals surface area contributed by atoms with E-state index >= 15 is 0 Å². The van der Waals surface area contributed by atoms with Gasteiger partial charge in [0.15, 0.2) is 0 Å². The number of rotatable bonds is 4. The molecule has 2 nitrogen and oxygen atoms in total. The minimum atomic E-state index is 0.709. The van der Waals surface area contributed by atoms with Crippen LogP contribution in [0.25, 0.3) is 0 Å². The summed E-state index contributed by atoms with van der Waals surface area (Å²) in [5, 5.41) is 3.80. The molecule has 1 N–H and O–H groups in total. The van der Waals surface area contributed by atoms with E-state index in [-0.39, 0.29) is 0 Å². The van der Waals surface area contributed by atoms with Gasteiger partial charge in [0.25, 0.3) is 0 Å². The maximum Gasteiger partial charge on any atom is 0.119 e. The Morgan fingerprint density at radius 3 is 2.79 bits per heavy atom. The van der Waals surface area contributed by atoms with E-state index in [1.54, 1.807) is 7.11 Å². The summed E-state index contributed by atoms with van der Waals surface area (Å²) in [5.41, 5.74) is 1.43. The summed E-state index contributed by atoms with van der Waals surface area (Å²) < 4.78 is 5.30. The molecular weight excluding hydrogens is 234 g/mol. The summed E-state index contributed by atoms with van der Waals surface area (Å²) >= 11 is 0. The number of hydrogen-bond acceptors (Lipinski definition) is 2. The normalized spacial score (nSPS) is 29.8. The third-order valence-electron chi connectivity index (χ3n) is 4.44. The summed E-state index contributed by atoms with van der Waals surface area (Å²) in [4.78, 5) is 0. The van der Waals surface area contributed by atoms with Gasteiger partial charge in [0.2, 0.25) is 0 Å². The van der Waals surface area contributed by atoms with Crippen molar-refractivity contribution in [3.05, 3.63) is 42.0 Å². The number of hydrogen-bond donors (Lipinski definition) is 1. The van der Waals surface area contributed by atoms with Crippen molar-refractivity contribution in [3.8, 4) is 5.75 Å². The lowest BCUT2D eigenvalue weighted by molar-refractivity contribution is 0.257. The maximum absolute atomic E-state index is 5.30. The van der Waals surface area contributed by atoms with E-state index in [4.69, 9.17) is 4.74 Å². The van der Waals surface area contributed by atoms with Gasteiger partial charge in [-0.3, -0.25) is 0 Å². The first-order chi connectivity index (χ1) is 9.35. The minimum Gasteiger partial charge on any atom is -0.497 e. The molecule has 0 spiro atoms. The molecule has 1 aromatic rings. The highest BCUT2D eigenvalue weighted by atomic mass is 16.5. The quantitative estimate of drug-likeness (QED) is 0.831. The van der Waals surface area contributed by atoms with E-state index in [1.165, 1.54) is 37.7 Å². The first kappa shape index (κ1) is 12.7. The fourth-order valence-electron chi connectivity index (χ4n) is 3.20. The summed E-state index contributed by atoms with van der Waals surface area (Å²) in [6.45, 7) is 0. The van der Waals surface area contributed by atoms with Crippen molar-refractivity contribution < 1.29 is 4.74 Å². The van der Waals surface area contributed by atoms with E-state index in [2.05, 4.69) is 35.7 Å². The first-order valence-electron chi connectivity index (χ1n) is 7.40. The van der Waals surface area contributed by atoms with Crippen LogP contribution in [0.4, 0.5) is 0 Å². The van der Waals surface area contributed by atoms with Gasteiger partial charge < -0.3 is 10.1 Å². The highest BCUT2D eigenvalue weighted by Gasteiger charge is 2.31. The van der Waals surface area contributed by atoms with Gasteiger partial charge in [0.1, 0.15) is 5.75 Å². The molecule has 2 aliphatic rings. The Balaban J connectivity index is 1.50. The van der Waals surface area contributed by atoms with Gasteiger partial charge >= 0.3 is 0 Å². The maximum atomic E-state index is 5.30. The molecule has 19 heavy (non-hydrogen) atoms. The lowest BCUT2D eigenvalue weighted by atomic mass is 9.75. The molecule has 1 fully saturated rings. The lowest BCUT2D eigenvalue weighted by Gasteiger charge is -2.39. The lowest BCUT2D eigenvalue weighted by Crippen LogP contribution is -2.45. The molecule has 0 heterocycles. The van der Waals surface area contributed by atoms with Crippen LogP contribution in [0.3, 0.4) is 0 Å².